The van der Waals surface area contributed by atoms with Crippen LogP contribution < -0.4 is 14.4 Å². The fraction of sp³-hybridized carbons (Fsp3) is 0.517. The molecule has 0 unspecified atom stereocenters. The molecule has 2 heterocycles. The van der Waals surface area contributed by atoms with E-state index in [4.69, 9.17) is 9.47 Å². The zero-order valence-corrected chi connectivity index (χ0v) is 20.4. The minimum Gasteiger partial charge on any atom is -0.489 e. The topological polar surface area (TPSA) is 51.7 Å². The Kier molecular flexibility index (Phi) is 6.89. The maximum absolute atomic E-state index is 12.2. The molecule has 3 fully saturated rings. The van der Waals surface area contributed by atoms with Gasteiger partial charge in [-0.1, -0.05) is 25.1 Å². The number of carbonyl (C=O) groups excluding carboxylic acids is 1. The summed E-state index contributed by atoms with van der Waals surface area (Å²) < 4.78 is 12.3. The van der Waals surface area contributed by atoms with Gasteiger partial charge in [-0.05, 0) is 80.2 Å². The van der Waals surface area contributed by atoms with Crippen LogP contribution in [0.5, 0.6) is 11.6 Å². The number of benzene rings is 1. The Labute approximate surface area is 203 Å². The highest BCUT2D eigenvalue weighted by molar-refractivity contribution is 5.90. The third kappa shape index (κ3) is 5.99. The van der Waals surface area contributed by atoms with Gasteiger partial charge >= 0.3 is 0 Å². The molecule has 1 aromatic carbocycles. The molecule has 34 heavy (non-hydrogen) atoms. The number of ketones is 1. The molecule has 1 aliphatic heterocycles. The van der Waals surface area contributed by atoms with E-state index in [2.05, 4.69) is 48.0 Å². The molecule has 2 aromatic rings. The van der Waals surface area contributed by atoms with Crippen LogP contribution in [0.25, 0.3) is 0 Å². The number of hydrogen-bond acceptors (Lipinski definition) is 5. The Balaban J connectivity index is 1.13. The van der Waals surface area contributed by atoms with Crippen LogP contribution in [-0.4, -0.2) is 36.6 Å². The van der Waals surface area contributed by atoms with Crippen LogP contribution in [-0.2, 0) is 4.79 Å². The average Bonchev–Trinajstić information content (AvgIpc) is 3.77. The van der Waals surface area contributed by atoms with E-state index < -0.39 is 0 Å². The molecule has 0 amide bonds. The molecular formula is C29H36N2O3. The monoisotopic (exact) mass is 460 g/mol. The van der Waals surface area contributed by atoms with Gasteiger partial charge in [0.1, 0.15) is 11.9 Å². The first kappa shape index (κ1) is 22.9. The lowest BCUT2D eigenvalue weighted by atomic mass is 9.95. The van der Waals surface area contributed by atoms with Gasteiger partial charge in [0, 0.05) is 36.8 Å². The normalized spacial score (nSPS) is 21.1. The van der Waals surface area contributed by atoms with Crippen molar-refractivity contribution in [2.75, 3.05) is 24.6 Å². The van der Waals surface area contributed by atoms with Gasteiger partial charge in [-0.15, -0.1) is 0 Å². The van der Waals surface area contributed by atoms with Crippen molar-refractivity contribution in [3.8, 4) is 11.6 Å². The molecule has 1 saturated heterocycles. The highest BCUT2D eigenvalue weighted by atomic mass is 16.5. The standard InChI is InChI=1S/C29H36N2O3/c1-20(17-25(32)10-7-22-3-4-22)24-8-11-26(12-9-24)34-27-14-16-31(18-27)28-13-15-30-29(21(28)2)33-19-23-5-6-23/h7-13,15,20,22-23,27H,3-6,14,16-19H2,1-2H3/b10-7+/t20-,27-/m1/s1. The lowest BCUT2D eigenvalue weighted by Crippen LogP contribution is -2.25. The average molecular weight is 461 g/mol. The van der Waals surface area contributed by atoms with Gasteiger partial charge < -0.3 is 14.4 Å². The van der Waals surface area contributed by atoms with Crippen molar-refractivity contribution in [1.82, 2.24) is 4.98 Å². The number of hydrogen-bond donors (Lipinski definition) is 0. The van der Waals surface area contributed by atoms with Crippen molar-refractivity contribution in [3.63, 3.8) is 0 Å². The smallest absolute Gasteiger partial charge is 0.218 e. The zero-order valence-electron chi connectivity index (χ0n) is 20.4. The minimum atomic E-state index is 0.154. The van der Waals surface area contributed by atoms with Gasteiger partial charge in [0.25, 0.3) is 0 Å². The molecule has 5 heteroatoms. The van der Waals surface area contributed by atoms with Crippen molar-refractivity contribution >= 4 is 11.5 Å². The van der Waals surface area contributed by atoms with E-state index >= 15 is 0 Å². The Morgan fingerprint density at radius 2 is 1.94 bits per heavy atom. The number of pyridine rings is 1. The first-order valence-corrected chi connectivity index (χ1v) is 12.9. The van der Waals surface area contributed by atoms with Gasteiger partial charge in [-0.25, -0.2) is 4.98 Å². The van der Waals surface area contributed by atoms with E-state index in [1.165, 1.54) is 36.9 Å². The first-order chi connectivity index (χ1) is 16.5. The van der Waals surface area contributed by atoms with Gasteiger partial charge in [0.05, 0.1) is 13.2 Å². The van der Waals surface area contributed by atoms with Crippen LogP contribution in [0.1, 0.15) is 62.5 Å². The van der Waals surface area contributed by atoms with Crippen molar-refractivity contribution in [3.05, 3.63) is 59.8 Å². The summed E-state index contributed by atoms with van der Waals surface area (Å²) in [5, 5.41) is 0. The number of aromatic nitrogens is 1. The molecule has 0 spiro atoms. The number of rotatable bonds is 11. The number of ether oxygens (including phenoxy) is 2. The van der Waals surface area contributed by atoms with Gasteiger partial charge in [-0.2, -0.15) is 0 Å². The van der Waals surface area contributed by atoms with Gasteiger partial charge in [0.15, 0.2) is 5.78 Å². The highest BCUT2D eigenvalue weighted by Gasteiger charge is 2.27. The Bertz CT molecular complexity index is 1020. The lowest BCUT2D eigenvalue weighted by Gasteiger charge is -2.22. The lowest BCUT2D eigenvalue weighted by molar-refractivity contribution is -0.114. The van der Waals surface area contributed by atoms with Crippen LogP contribution in [0.15, 0.2) is 48.7 Å². The van der Waals surface area contributed by atoms with Crippen LogP contribution in [0, 0.1) is 18.8 Å². The zero-order chi connectivity index (χ0) is 23.5. The summed E-state index contributed by atoms with van der Waals surface area (Å²) in [6.07, 6.45) is 12.4. The fourth-order valence-electron chi connectivity index (χ4n) is 4.61. The highest BCUT2D eigenvalue weighted by Crippen LogP contribution is 2.33. The van der Waals surface area contributed by atoms with Crippen LogP contribution >= 0.6 is 0 Å². The van der Waals surface area contributed by atoms with E-state index in [0.29, 0.717) is 18.3 Å². The molecule has 5 rings (SSSR count). The molecule has 2 atom stereocenters. The third-order valence-electron chi connectivity index (χ3n) is 7.20. The Hall–Kier alpha value is -2.82. The van der Waals surface area contributed by atoms with Crippen molar-refractivity contribution in [2.45, 2.75) is 64.4 Å². The van der Waals surface area contributed by atoms with Crippen LogP contribution in [0.3, 0.4) is 0 Å². The van der Waals surface area contributed by atoms with Crippen molar-refractivity contribution in [2.24, 2.45) is 11.8 Å². The summed E-state index contributed by atoms with van der Waals surface area (Å²) in [6.45, 7) is 6.82. The van der Waals surface area contributed by atoms with Crippen molar-refractivity contribution < 1.29 is 14.3 Å². The Morgan fingerprint density at radius 3 is 2.68 bits per heavy atom. The predicted octanol–water partition coefficient (Wildman–Crippen LogP) is 5.87. The quantitative estimate of drug-likeness (QED) is 0.393. The second kappa shape index (κ2) is 10.2. The molecule has 2 aliphatic carbocycles. The van der Waals surface area contributed by atoms with Crippen LogP contribution in [0.4, 0.5) is 5.69 Å². The maximum atomic E-state index is 12.2. The second-order valence-electron chi connectivity index (χ2n) is 10.3. The van der Waals surface area contributed by atoms with Gasteiger partial charge in [0.2, 0.25) is 5.88 Å². The summed E-state index contributed by atoms with van der Waals surface area (Å²) in [4.78, 5) is 19.0. The summed E-state index contributed by atoms with van der Waals surface area (Å²) >= 11 is 0. The molecule has 0 radical (unpaired) electrons. The molecular weight excluding hydrogens is 424 g/mol. The van der Waals surface area contributed by atoms with Gasteiger partial charge in [-0.3, -0.25) is 4.79 Å². The fourth-order valence-corrected chi connectivity index (χ4v) is 4.61. The Morgan fingerprint density at radius 1 is 1.15 bits per heavy atom. The maximum Gasteiger partial charge on any atom is 0.218 e. The van der Waals surface area contributed by atoms with E-state index in [1.807, 2.05) is 18.3 Å². The summed E-state index contributed by atoms with van der Waals surface area (Å²) in [5.41, 5.74) is 3.49. The first-order valence-electron chi connectivity index (χ1n) is 12.9. The SMILES string of the molecule is Cc1c(N2CC[C@@H](Oc3ccc([C@H](C)CC(=O)/C=C/C4CC4)cc3)C2)ccnc1OCC1CC1. The van der Waals surface area contributed by atoms with Crippen molar-refractivity contribution in [1.29, 1.82) is 0 Å². The summed E-state index contributed by atoms with van der Waals surface area (Å²) in [5.74, 6) is 3.44. The number of anilines is 1. The van der Waals surface area contributed by atoms with E-state index in [-0.39, 0.29) is 17.8 Å². The third-order valence-corrected chi connectivity index (χ3v) is 7.20. The number of carbonyl (C=O) groups is 1. The van der Waals surface area contributed by atoms with E-state index in [1.54, 1.807) is 6.08 Å². The summed E-state index contributed by atoms with van der Waals surface area (Å²) in [6, 6.07) is 10.4. The van der Waals surface area contributed by atoms with E-state index in [9.17, 15) is 4.79 Å². The molecule has 0 N–H and O–H groups in total. The molecule has 2 saturated carbocycles. The molecule has 0 bridgehead atoms. The predicted molar refractivity (Wildman–Crippen MR) is 135 cm³/mol. The van der Waals surface area contributed by atoms with Crippen LogP contribution in [0.2, 0.25) is 0 Å². The number of nitrogens with zero attached hydrogens (tertiary/aromatic N) is 2. The molecule has 5 nitrogen and oxygen atoms in total. The molecule has 1 aromatic heterocycles. The second-order valence-corrected chi connectivity index (χ2v) is 10.3. The largest absolute Gasteiger partial charge is 0.489 e. The number of allylic oxidation sites excluding steroid dienone is 2. The minimum absolute atomic E-state index is 0.154. The van der Waals surface area contributed by atoms with E-state index in [0.717, 1.165) is 43.3 Å². The molecule has 3 aliphatic rings. The summed E-state index contributed by atoms with van der Waals surface area (Å²) in [7, 11) is 0. The molecule has 180 valence electrons.